The Morgan fingerprint density at radius 1 is 1.00 bits per heavy atom. The SMILES string of the molecule is OCc1ccccc1Oc1ccc(Br)cc1Br. The van der Waals surface area contributed by atoms with Gasteiger partial charge in [0.1, 0.15) is 11.5 Å². The summed E-state index contributed by atoms with van der Waals surface area (Å²) in [5.41, 5.74) is 0.766. The first-order chi connectivity index (χ1) is 8.20. The van der Waals surface area contributed by atoms with Crippen molar-refractivity contribution in [3.63, 3.8) is 0 Å². The highest BCUT2D eigenvalue weighted by Gasteiger charge is 2.06. The zero-order valence-corrected chi connectivity index (χ0v) is 12.0. The fourth-order valence-electron chi connectivity index (χ4n) is 1.41. The van der Waals surface area contributed by atoms with Crippen molar-refractivity contribution in [3.8, 4) is 11.5 Å². The Labute approximate surface area is 116 Å². The number of hydrogen-bond acceptors (Lipinski definition) is 2. The molecule has 0 amide bonds. The van der Waals surface area contributed by atoms with E-state index in [1.165, 1.54) is 0 Å². The molecule has 0 aliphatic carbocycles. The van der Waals surface area contributed by atoms with Gasteiger partial charge in [0.2, 0.25) is 0 Å². The molecule has 0 unspecified atom stereocenters. The molecule has 0 saturated carbocycles. The van der Waals surface area contributed by atoms with Gasteiger partial charge in [-0.2, -0.15) is 0 Å². The summed E-state index contributed by atoms with van der Waals surface area (Å²) in [6.07, 6.45) is 0. The molecule has 0 spiro atoms. The van der Waals surface area contributed by atoms with E-state index < -0.39 is 0 Å². The Hall–Kier alpha value is -0.840. The number of ether oxygens (including phenoxy) is 1. The van der Waals surface area contributed by atoms with E-state index >= 15 is 0 Å². The van der Waals surface area contributed by atoms with E-state index in [1.807, 2.05) is 42.5 Å². The molecular formula is C13H10Br2O2. The molecule has 88 valence electrons. The first kappa shape index (κ1) is 12.6. The largest absolute Gasteiger partial charge is 0.456 e. The second-order valence-electron chi connectivity index (χ2n) is 3.44. The molecular weight excluding hydrogens is 348 g/mol. The van der Waals surface area contributed by atoms with E-state index in [0.29, 0.717) is 11.5 Å². The quantitative estimate of drug-likeness (QED) is 0.876. The van der Waals surface area contributed by atoms with Crippen LogP contribution in [0.15, 0.2) is 51.4 Å². The van der Waals surface area contributed by atoms with E-state index in [0.717, 1.165) is 14.5 Å². The van der Waals surface area contributed by atoms with Crippen molar-refractivity contribution in [3.05, 3.63) is 57.0 Å². The van der Waals surface area contributed by atoms with Crippen molar-refractivity contribution >= 4 is 31.9 Å². The summed E-state index contributed by atoms with van der Waals surface area (Å²) in [5, 5.41) is 9.21. The Morgan fingerprint density at radius 3 is 2.47 bits per heavy atom. The average molecular weight is 358 g/mol. The van der Waals surface area contributed by atoms with Crippen molar-refractivity contribution in [1.82, 2.24) is 0 Å². The van der Waals surface area contributed by atoms with Crippen LogP contribution in [0.1, 0.15) is 5.56 Å². The molecule has 0 bridgehead atoms. The van der Waals surface area contributed by atoms with Crippen molar-refractivity contribution in [2.75, 3.05) is 0 Å². The van der Waals surface area contributed by atoms with Gasteiger partial charge in [-0.1, -0.05) is 34.1 Å². The van der Waals surface area contributed by atoms with Gasteiger partial charge in [-0.15, -0.1) is 0 Å². The van der Waals surface area contributed by atoms with Gasteiger partial charge < -0.3 is 9.84 Å². The Kier molecular flexibility index (Phi) is 4.20. The molecule has 0 atom stereocenters. The zero-order chi connectivity index (χ0) is 12.3. The first-order valence-corrected chi connectivity index (χ1v) is 6.61. The molecule has 0 aliphatic rings. The molecule has 0 saturated heterocycles. The van der Waals surface area contributed by atoms with Crippen molar-refractivity contribution < 1.29 is 9.84 Å². The Morgan fingerprint density at radius 2 is 1.76 bits per heavy atom. The molecule has 17 heavy (non-hydrogen) atoms. The van der Waals surface area contributed by atoms with E-state index in [1.54, 1.807) is 0 Å². The average Bonchev–Trinajstić information content (AvgIpc) is 2.33. The lowest BCUT2D eigenvalue weighted by atomic mass is 10.2. The minimum Gasteiger partial charge on any atom is -0.456 e. The predicted molar refractivity (Wildman–Crippen MR) is 74.3 cm³/mol. The van der Waals surface area contributed by atoms with Crippen LogP contribution in [-0.2, 0) is 6.61 Å². The lowest BCUT2D eigenvalue weighted by molar-refractivity contribution is 0.276. The second kappa shape index (κ2) is 5.67. The smallest absolute Gasteiger partial charge is 0.141 e. The number of halogens is 2. The normalized spacial score (nSPS) is 10.3. The molecule has 0 fully saturated rings. The highest BCUT2D eigenvalue weighted by atomic mass is 79.9. The summed E-state index contributed by atoms with van der Waals surface area (Å²) in [6, 6.07) is 13.1. The summed E-state index contributed by atoms with van der Waals surface area (Å²) in [5.74, 6) is 1.38. The van der Waals surface area contributed by atoms with Crippen LogP contribution < -0.4 is 4.74 Å². The van der Waals surface area contributed by atoms with Gasteiger partial charge in [0.05, 0.1) is 11.1 Å². The molecule has 0 radical (unpaired) electrons. The Balaban J connectivity index is 2.31. The topological polar surface area (TPSA) is 29.5 Å². The lowest BCUT2D eigenvalue weighted by Gasteiger charge is -2.11. The summed E-state index contributed by atoms with van der Waals surface area (Å²) in [7, 11) is 0. The van der Waals surface area contributed by atoms with Crippen LogP contribution in [0, 0.1) is 0 Å². The van der Waals surface area contributed by atoms with Crippen molar-refractivity contribution in [2.45, 2.75) is 6.61 Å². The molecule has 2 aromatic rings. The fourth-order valence-corrected chi connectivity index (χ4v) is 2.54. The summed E-state index contributed by atoms with van der Waals surface area (Å²) in [6.45, 7) is -0.0374. The molecule has 1 N–H and O–H groups in total. The van der Waals surface area contributed by atoms with Crippen LogP contribution in [0.25, 0.3) is 0 Å². The minimum absolute atomic E-state index is 0.0374. The summed E-state index contributed by atoms with van der Waals surface area (Å²) in [4.78, 5) is 0. The third-order valence-electron chi connectivity index (χ3n) is 2.26. The van der Waals surface area contributed by atoms with Gasteiger partial charge in [0, 0.05) is 10.0 Å². The van der Waals surface area contributed by atoms with E-state index in [-0.39, 0.29) is 6.61 Å². The molecule has 0 aromatic heterocycles. The third-order valence-corrected chi connectivity index (χ3v) is 3.37. The molecule has 0 heterocycles. The standard InChI is InChI=1S/C13H10Br2O2/c14-10-5-6-13(11(15)7-10)17-12-4-2-1-3-9(12)8-16/h1-7,16H,8H2. The van der Waals surface area contributed by atoms with Gasteiger partial charge in [-0.25, -0.2) is 0 Å². The Bertz CT molecular complexity index is 527. The lowest BCUT2D eigenvalue weighted by Crippen LogP contribution is -1.91. The van der Waals surface area contributed by atoms with Gasteiger partial charge in [0.15, 0.2) is 0 Å². The fraction of sp³-hybridized carbons (Fsp3) is 0.0769. The van der Waals surface area contributed by atoms with Crippen LogP contribution in [-0.4, -0.2) is 5.11 Å². The number of rotatable bonds is 3. The maximum atomic E-state index is 9.21. The van der Waals surface area contributed by atoms with Crippen molar-refractivity contribution in [1.29, 1.82) is 0 Å². The minimum atomic E-state index is -0.0374. The molecule has 2 rings (SSSR count). The predicted octanol–water partition coefficient (Wildman–Crippen LogP) is 4.50. The second-order valence-corrected chi connectivity index (χ2v) is 5.21. The maximum Gasteiger partial charge on any atom is 0.141 e. The van der Waals surface area contributed by atoms with Gasteiger partial charge in [-0.05, 0) is 40.2 Å². The van der Waals surface area contributed by atoms with Crippen molar-refractivity contribution in [2.24, 2.45) is 0 Å². The van der Waals surface area contributed by atoms with E-state index in [9.17, 15) is 5.11 Å². The van der Waals surface area contributed by atoms with Crippen LogP contribution in [0.2, 0.25) is 0 Å². The summed E-state index contributed by atoms with van der Waals surface area (Å²) >= 11 is 6.82. The maximum absolute atomic E-state index is 9.21. The highest BCUT2D eigenvalue weighted by Crippen LogP contribution is 2.33. The van der Waals surface area contributed by atoms with Gasteiger partial charge >= 0.3 is 0 Å². The monoisotopic (exact) mass is 356 g/mol. The summed E-state index contributed by atoms with van der Waals surface area (Å²) < 4.78 is 7.60. The third kappa shape index (κ3) is 3.09. The number of aliphatic hydroxyl groups is 1. The van der Waals surface area contributed by atoms with Crippen LogP contribution >= 0.6 is 31.9 Å². The highest BCUT2D eigenvalue weighted by molar-refractivity contribution is 9.11. The molecule has 2 aromatic carbocycles. The zero-order valence-electron chi connectivity index (χ0n) is 8.86. The molecule has 0 aliphatic heterocycles. The van der Waals surface area contributed by atoms with Gasteiger partial charge in [0.25, 0.3) is 0 Å². The number of hydrogen-bond donors (Lipinski definition) is 1. The van der Waals surface area contributed by atoms with Gasteiger partial charge in [-0.3, -0.25) is 0 Å². The van der Waals surface area contributed by atoms with Crippen LogP contribution in [0.3, 0.4) is 0 Å². The first-order valence-electron chi connectivity index (χ1n) is 5.02. The number of para-hydroxylation sites is 1. The number of aliphatic hydroxyl groups excluding tert-OH is 1. The molecule has 2 nitrogen and oxygen atoms in total. The number of benzene rings is 2. The molecule has 4 heteroatoms. The van der Waals surface area contributed by atoms with E-state index in [4.69, 9.17) is 4.74 Å². The van der Waals surface area contributed by atoms with Crippen LogP contribution in [0.4, 0.5) is 0 Å². The van der Waals surface area contributed by atoms with E-state index in [2.05, 4.69) is 31.9 Å². The van der Waals surface area contributed by atoms with Crippen LogP contribution in [0.5, 0.6) is 11.5 Å².